The van der Waals surface area contributed by atoms with Crippen LogP contribution in [0.4, 0.5) is 0 Å². The fourth-order valence-electron chi connectivity index (χ4n) is 0.968. The summed E-state index contributed by atoms with van der Waals surface area (Å²) < 4.78 is 0. The van der Waals surface area contributed by atoms with Crippen molar-refractivity contribution in [1.29, 1.82) is 0 Å². The van der Waals surface area contributed by atoms with Crippen molar-refractivity contribution >= 4 is 0 Å². The van der Waals surface area contributed by atoms with Gasteiger partial charge in [0.05, 0.1) is 5.60 Å². The quantitative estimate of drug-likeness (QED) is 0.508. The van der Waals surface area contributed by atoms with Crippen LogP contribution in [-0.4, -0.2) is 28.9 Å². The summed E-state index contributed by atoms with van der Waals surface area (Å²) >= 11 is 0. The standard InChI is InChI=1S/C6H12NO2/c1-6(8)2-4-7(9)5-3-6/h8H,2-5H2,1H3. The summed E-state index contributed by atoms with van der Waals surface area (Å²) in [5.41, 5.74) is -0.582. The minimum absolute atomic E-state index is 0.479. The molecule has 1 aliphatic rings. The fraction of sp³-hybridized carbons (Fsp3) is 1.00. The second kappa shape index (κ2) is 2.25. The number of piperidine rings is 1. The van der Waals surface area contributed by atoms with E-state index in [1.54, 1.807) is 6.92 Å². The molecule has 1 heterocycles. The minimum atomic E-state index is -0.582. The lowest BCUT2D eigenvalue weighted by Gasteiger charge is -2.30. The molecule has 0 unspecified atom stereocenters. The highest BCUT2D eigenvalue weighted by Crippen LogP contribution is 2.19. The molecule has 1 radical (unpaired) electrons. The van der Waals surface area contributed by atoms with E-state index >= 15 is 0 Å². The van der Waals surface area contributed by atoms with Gasteiger partial charge in [0.1, 0.15) is 0 Å². The third-order valence-corrected chi connectivity index (χ3v) is 1.80. The highest BCUT2D eigenvalue weighted by Gasteiger charge is 2.26. The Morgan fingerprint density at radius 1 is 1.44 bits per heavy atom. The number of hydrogen-bond acceptors (Lipinski definition) is 2. The Balaban J connectivity index is 2.35. The predicted octanol–water partition coefficient (Wildman–Crippen LogP) is 0.179. The largest absolute Gasteiger partial charge is 0.390 e. The smallest absolute Gasteiger partial charge is 0.0646 e. The Labute approximate surface area is 54.9 Å². The first-order valence-corrected chi connectivity index (χ1v) is 3.25. The summed E-state index contributed by atoms with van der Waals surface area (Å²) in [5, 5.41) is 20.9. The van der Waals surface area contributed by atoms with Crippen molar-refractivity contribution in [2.24, 2.45) is 0 Å². The average molecular weight is 130 g/mol. The summed E-state index contributed by atoms with van der Waals surface area (Å²) in [7, 11) is 0. The van der Waals surface area contributed by atoms with Crippen molar-refractivity contribution in [3.8, 4) is 0 Å². The Bertz CT molecular complexity index is 93.2. The van der Waals surface area contributed by atoms with Gasteiger partial charge in [-0.25, -0.2) is 0 Å². The number of aliphatic hydroxyl groups is 1. The van der Waals surface area contributed by atoms with Gasteiger partial charge in [0, 0.05) is 13.1 Å². The molecule has 0 bridgehead atoms. The molecule has 1 aliphatic heterocycles. The molecule has 0 atom stereocenters. The van der Waals surface area contributed by atoms with Gasteiger partial charge in [-0.15, -0.1) is 5.21 Å². The third kappa shape index (κ3) is 1.93. The molecule has 1 saturated heterocycles. The fourth-order valence-corrected chi connectivity index (χ4v) is 0.968. The molecule has 9 heavy (non-hydrogen) atoms. The molecule has 0 aliphatic carbocycles. The van der Waals surface area contributed by atoms with Gasteiger partial charge in [0.2, 0.25) is 0 Å². The van der Waals surface area contributed by atoms with E-state index in [1.807, 2.05) is 0 Å². The van der Waals surface area contributed by atoms with Crippen molar-refractivity contribution < 1.29 is 10.3 Å². The molecule has 3 nitrogen and oxygen atoms in total. The molecular formula is C6H12NO2. The minimum Gasteiger partial charge on any atom is -0.390 e. The number of rotatable bonds is 0. The van der Waals surface area contributed by atoms with Crippen LogP contribution in [0.15, 0.2) is 0 Å². The van der Waals surface area contributed by atoms with Crippen LogP contribution in [0, 0.1) is 0 Å². The topological polar surface area (TPSA) is 43.4 Å². The van der Waals surface area contributed by atoms with Crippen molar-refractivity contribution in [2.45, 2.75) is 25.4 Å². The van der Waals surface area contributed by atoms with Gasteiger partial charge in [0.25, 0.3) is 0 Å². The van der Waals surface area contributed by atoms with Gasteiger partial charge in [-0.1, -0.05) is 0 Å². The van der Waals surface area contributed by atoms with E-state index in [-0.39, 0.29) is 0 Å². The van der Waals surface area contributed by atoms with E-state index < -0.39 is 5.60 Å². The first-order chi connectivity index (χ1) is 4.10. The van der Waals surface area contributed by atoms with Crippen LogP contribution < -0.4 is 0 Å². The lowest BCUT2D eigenvalue weighted by Crippen LogP contribution is -2.40. The maximum Gasteiger partial charge on any atom is 0.0646 e. The molecule has 1 fully saturated rings. The van der Waals surface area contributed by atoms with Crippen molar-refractivity contribution in [3.63, 3.8) is 0 Å². The van der Waals surface area contributed by atoms with Crippen LogP contribution in [0.3, 0.4) is 0 Å². The molecule has 53 valence electrons. The zero-order valence-electron chi connectivity index (χ0n) is 5.63. The highest BCUT2D eigenvalue weighted by atomic mass is 16.5. The van der Waals surface area contributed by atoms with Crippen molar-refractivity contribution in [2.75, 3.05) is 13.1 Å². The third-order valence-electron chi connectivity index (χ3n) is 1.80. The molecule has 3 heteroatoms. The molecule has 0 saturated carbocycles. The van der Waals surface area contributed by atoms with Gasteiger partial charge < -0.3 is 5.11 Å². The maximum atomic E-state index is 10.6. The Hall–Kier alpha value is -0.120. The number of nitrogens with zero attached hydrogens (tertiary/aromatic N) is 1. The van der Waals surface area contributed by atoms with Crippen molar-refractivity contribution in [3.05, 3.63) is 0 Å². The molecule has 0 spiro atoms. The van der Waals surface area contributed by atoms with Crippen LogP contribution in [0.25, 0.3) is 0 Å². The SMILES string of the molecule is CC1(O)CCN([O])CC1. The van der Waals surface area contributed by atoms with Crippen LogP contribution >= 0.6 is 0 Å². The molecule has 1 rings (SSSR count). The molecule has 0 aromatic rings. The van der Waals surface area contributed by atoms with E-state index in [2.05, 4.69) is 0 Å². The van der Waals surface area contributed by atoms with Gasteiger partial charge in [-0.2, -0.15) is 5.06 Å². The normalized spacial score (nSPS) is 28.3. The zero-order chi connectivity index (χ0) is 6.91. The molecule has 0 amide bonds. The Kier molecular flexibility index (Phi) is 1.75. The van der Waals surface area contributed by atoms with Gasteiger partial charge in [-0.3, -0.25) is 0 Å². The predicted molar refractivity (Wildman–Crippen MR) is 32.1 cm³/mol. The van der Waals surface area contributed by atoms with Gasteiger partial charge in [0.15, 0.2) is 0 Å². The summed E-state index contributed by atoms with van der Waals surface area (Å²) in [6, 6.07) is 0. The molecular weight excluding hydrogens is 118 g/mol. The number of hydroxylamine groups is 2. The lowest BCUT2D eigenvalue weighted by atomic mass is 9.95. The van der Waals surface area contributed by atoms with Crippen LogP contribution in [0.5, 0.6) is 0 Å². The van der Waals surface area contributed by atoms with Gasteiger partial charge in [-0.05, 0) is 19.8 Å². The van der Waals surface area contributed by atoms with Gasteiger partial charge >= 0.3 is 0 Å². The highest BCUT2D eigenvalue weighted by molar-refractivity contribution is 4.78. The lowest BCUT2D eigenvalue weighted by molar-refractivity contribution is -0.191. The first kappa shape index (κ1) is 6.99. The maximum absolute atomic E-state index is 10.6. The van der Waals surface area contributed by atoms with E-state index in [1.165, 1.54) is 0 Å². The van der Waals surface area contributed by atoms with E-state index in [4.69, 9.17) is 0 Å². The average Bonchev–Trinajstić information content (AvgIpc) is 1.78. The van der Waals surface area contributed by atoms with Crippen molar-refractivity contribution in [1.82, 2.24) is 5.06 Å². The Morgan fingerprint density at radius 2 is 1.89 bits per heavy atom. The monoisotopic (exact) mass is 130 g/mol. The van der Waals surface area contributed by atoms with Crippen LogP contribution in [0.2, 0.25) is 0 Å². The second-order valence-electron chi connectivity index (χ2n) is 2.93. The summed E-state index contributed by atoms with van der Waals surface area (Å²) in [6.45, 7) is 2.74. The van der Waals surface area contributed by atoms with Crippen LogP contribution in [-0.2, 0) is 5.21 Å². The Morgan fingerprint density at radius 3 is 2.22 bits per heavy atom. The van der Waals surface area contributed by atoms with E-state index in [0.717, 1.165) is 5.06 Å². The summed E-state index contributed by atoms with van der Waals surface area (Å²) in [4.78, 5) is 0. The second-order valence-corrected chi connectivity index (χ2v) is 2.93. The molecule has 0 aromatic carbocycles. The zero-order valence-corrected chi connectivity index (χ0v) is 5.63. The molecule has 1 N–H and O–H groups in total. The number of hydrogen-bond donors (Lipinski definition) is 1. The summed E-state index contributed by atoms with van der Waals surface area (Å²) in [6.07, 6.45) is 1.22. The first-order valence-electron chi connectivity index (χ1n) is 3.25. The summed E-state index contributed by atoms with van der Waals surface area (Å²) in [5.74, 6) is 0. The molecule has 0 aromatic heterocycles. The van der Waals surface area contributed by atoms with E-state index in [0.29, 0.717) is 25.9 Å². The van der Waals surface area contributed by atoms with E-state index in [9.17, 15) is 10.3 Å². The van der Waals surface area contributed by atoms with Crippen LogP contribution in [0.1, 0.15) is 19.8 Å².